The zero-order valence-electron chi connectivity index (χ0n) is 12.8. The number of aromatic nitrogens is 2. The van der Waals surface area contributed by atoms with Gasteiger partial charge in [0.05, 0.1) is 17.8 Å². The van der Waals surface area contributed by atoms with Gasteiger partial charge in [0.2, 0.25) is 0 Å². The third-order valence-electron chi connectivity index (χ3n) is 3.22. The van der Waals surface area contributed by atoms with E-state index in [9.17, 15) is 9.59 Å². The second kappa shape index (κ2) is 6.39. The summed E-state index contributed by atoms with van der Waals surface area (Å²) in [5.74, 6) is -0.387. The molecule has 0 aliphatic carbocycles. The maximum Gasteiger partial charge on any atom is 0.329 e. The van der Waals surface area contributed by atoms with E-state index >= 15 is 0 Å². The van der Waals surface area contributed by atoms with Gasteiger partial charge < -0.3 is 4.74 Å². The zero-order chi connectivity index (χ0) is 15.6. The Morgan fingerprint density at radius 2 is 2.14 bits per heavy atom. The van der Waals surface area contributed by atoms with Crippen LogP contribution in [0.25, 0.3) is 10.2 Å². The average molecular weight is 308 g/mol. The summed E-state index contributed by atoms with van der Waals surface area (Å²) in [7, 11) is 0. The highest BCUT2D eigenvalue weighted by Gasteiger charge is 2.23. The molecule has 0 bridgehead atoms. The molecule has 0 N–H and O–H groups in total. The van der Waals surface area contributed by atoms with Crippen molar-refractivity contribution in [3.05, 3.63) is 27.6 Å². The van der Waals surface area contributed by atoms with Crippen LogP contribution >= 0.6 is 11.3 Å². The monoisotopic (exact) mass is 308 g/mol. The highest BCUT2D eigenvalue weighted by molar-refractivity contribution is 7.18. The summed E-state index contributed by atoms with van der Waals surface area (Å²) in [6.07, 6.45) is 2.61. The van der Waals surface area contributed by atoms with Crippen LogP contribution in [0, 0.1) is 0 Å². The molecule has 0 radical (unpaired) electrons. The molecule has 2 rings (SSSR count). The number of esters is 1. The van der Waals surface area contributed by atoms with E-state index in [-0.39, 0.29) is 17.6 Å². The van der Waals surface area contributed by atoms with Gasteiger partial charge in [-0.15, -0.1) is 11.3 Å². The van der Waals surface area contributed by atoms with E-state index in [4.69, 9.17) is 4.74 Å². The number of fused-ring (bicyclic) bond motifs is 1. The van der Waals surface area contributed by atoms with E-state index < -0.39 is 6.04 Å². The van der Waals surface area contributed by atoms with Crippen LogP contribution in [-0.4, -0.2) is 21.6 Å². The highest BCUT2D eigenvalue weighted by Crippen LogP contribution is 2.22. The van der Waals surface area contributed by atoms with Gasteiger partial charge in [0.15, 0.2) is 0 Å². The summed E-state index contributed by atoms with van der Waals surface area (Å²) in [4.78, 5) is 30.9. The van der Waals surface area contributed by atoms with Gasteiger partial charge in [0.1, 0.15) is 10.9 Å². The fourth-order valence-electron chi connectivity index (χ4n) is 2.17. The fraction of sp³-hybridized carbons (Fsp3) is 0.533. The first kappa shape index (κ1) is 15.7. The molecule has 114 valence electrons. The Bertz CT molecular complexity index is 702. The van der Waals surface area contributed by atoms with Gasteiger partial charge in [-0.05, 0) is 32.8 Å². The Morgan fingerprint density at radius 3 is 2.71 bits per heavy atom. The van der Waals surface area contributed by atoms with Crippen LogP contribution in [0.3, 0.4) is 0 Å². The number of thiophene rings is 1. The second-order valence-corrected chi connectivity index (χ2v) is 6.27. The lowest BCUT2D eigenvalue weighted by Gasteiger charge is -2.18. The molecule has 1 atom stereocenters. The Kier molecular flexibility index (Phi) is 4.77. The minimum Gasteiger partial charge on any atom is -0.461 e. The van der Waals surface area contributed by atoms with E-state index in [1.807, 2.05) is 19.9 Å². The van der Waals surface area contributed by atoms with Crippen molar-refractivity contribution in [1.82, 2.24) is 9.55 Å². The molecule has 21 heavy (non-hydrogen) atoms. The van der Waals surface area contributed by atoms with Gasteiger partial charge in [0, 0.05) is 4.88 Å². The minimum absolute atomic E-state index is 0.177. The lowest BCUT2D eigenvalue weighted by Crippen LogP contribution is -2.31. The molecule has 2 aromatic heterocycles. The van der Waals surface area contributed by atoms with Gasteiger partial charge in [-0.2, -0.15) is 0 Å². The van der Waals surface area contributed by atoms with Crippen molar-refractivity contribution in [2.24, 2.45) is 0 Å². The van der Waals surface area contributed by atoms with E-state index in [0.29, 0.717) is 11.8 Å². The summed E-state index contributed by atoms with van der Waals surface area (Å²) in [5, 5.41) is 0.579. The quantitative estimate of drug-likeness (QED) is 0.797. The number of nitrogens with zero attached hydrogens (tertiary/aromatic N) is 2. The number of rotatable bonds is 5. The number of hydrogen-bond acceptors (Lipinski definition) is 5. The molecule has 0 spiro atoms. The maximum absolute atomic E-state index is 12.6. The van der Waals surface area contributed by atoms with Crippen LogP contribution in [0.1, 0.15) is 45.0 Å². The van der Waals surface area contributed by atoms with Gasteiger partial charge >= 0.3 is 5.97 Å². The Hall–Kier alpha value is -1.69. The third kappa shape index (κ3) is 3.15. The van der Waals surface area contributed by atoms with Crippen molar-refractivity contribution in [1.29, 1.82) is 0 Å². The van der Waals surface area contributed by atoms with Crippen molar-refractivity contribution in [2.45, 2.75) is 52.7 Å². The standard InChI is InChI=1S/C15H20N2O3S/c1-5-10-7-11-13(21-10)16-8-17(14(11)18)12(6-2)15(19)20-9(3)4/h7-9,12H,5-6H2,1-4H3/t12-/m1/s1. The molecule has 2 heterocycles. The van der Waals surface area contributed by atoms with E-state index in [1.165, 1.54) is 22.2 Å². The van der Waals surface area contributed by atoms with Crippen LogP contribution in [-0.2, 0) is 16.0 Å². The summed E-state index contributed by atoms with van der Waals surface area (Å²) in [6, 6.07) is 1.24. The first-order valence-corrected chi connectivity index (χ1v) is 7.99. The number of ether oxygens (including phenoxy) is 1. The van der Waals surface area contributed by atoms with Crippen molar-refractivity contribution in [3.63, 3.8) is 0 Å². The SMILES string of the molecule is CCc1cc2c(=O)n([C@H](CC)C(=O)OC(C)C)cnc2s1. The number of carbonyl (C=O) groups is 1. The lowest BCUT2D eigenvalue weighted by molar-refractivity contribution is -0.151. The van der Waals surface area contributed by atoms with Gasteiger partial charge in [-0.3, -0.25) is 9.36 Å². The van der Waals surface area contributed by atoms with Gasteiger partial charge in [-0.1, -0.05) is 13.8 Å². The molecular formula is C15H20N2O3S. The van der Waals surface area contributed by atoms with Gasteiger partial charge in [0.25, 0.3) is 5.56 Å². The molecule has 2 aromatic rings. The van der Waals surface area contributed by atoms with Crippen LogP contribution in [0.4, 0.5) is 0 Å². The van der Waals surface area contributed by atoms with Crippen LogP contribution in [0.2, 0.25) is 0 Å². The van der Waals surface area contributed by atoms with Crippen molar-refractivity contribution in [2.75, 3.05) is 0 Å². The predicted octanol–water partition coefficient (Wildman–Crippen LogP) is 2.92. The highest BCUT2D eigenvalue weighted by atomic mass is 32.1. The molecule has 0 fully saturated rings. The van der Waals surface area contributed by atoms with E-state index in [2.05, 4.69) is 4.98 Å². The number of carbonyl (C=O) groups excluding carboxylic acids is 1. The Labute approximate surface area is 127 Å². The van der Waals surface area contributed by atoms with E-state index in [1.54, 1.807) is 13.8 Å². The normalized spacial score (nSPS) is 12.8. The number of hydrogen-bond donors (Lipinski definition) is 0. The molecule has 0 unspecified atom stereocenters. The van der Waals surface area contributed by atoms with Crippen molar-refractivity contribution in [3.8, 4) is 0 Å². The second-order valence-electron chi connectivity index (χ2n) is 5.15. The molecule has 0 aliphatic heterocycles. The smallest absolute Gasteiger partial charge is 0.329 e. The fourth-order valence-corrected chi connectivity index (χ4v) is 3.10. The first-order valence-electron chi connectivity index (χ1n) is 7.17. The molecule has 0 aromatic carbocycles. The molecule has 0 aliphatic rings. The summed E-state index contributed by atoms with van der Waals surface area (Å²) in [6.45, 7) is 7.48. The molecule has 6 heteroatoms. The summed E-state index contributed by atoms with van der Waals surface area (Å²) >= 11 is 1.52. The number of aryl methyl sites for hydroxylation is 1. The molecule has 5 nitrogen and oxygen atoms in total. The van der Waals surface area contributed by atoms with E-state index in [0.717, 1.165) is 16.1 Å². The van der Waals surface area contributed by atoms with Crippen molar-refractivity contribution < 1.29 is 9.53 Å². The zero-order valence-corrected chi connectivity index (χ0v) is 13.6. The Balaban J connectivity index is 2.47. The minimum atomic E-state index is -0.623. The molecule has 0 saturated carbocycles. The molecule has 0 amide bonds. The topological polar surface area (TPSA) is 61.2 Å². The summed E-state index contributed by atoms with van der Waals surface area (Å²) < 4.78 is 6.62. The molecular weight excluding hydrogens is 288 g/mol. The average Bonchev–Trinajstić information content (AvgIpc) is 2.85. The molecule has 0 saturated heterocycles. The lowest BCUT2D eigenvalue weighted by atomic mass is 10.2. The van der Waals surface area contributed by atoms with Crippen molar-refractivity contribution >= 4 is 27.5 Å². The maximum atomic E-state index is 12.6. The summed E-state index contributed by atoms with van der Waals surface area (Å²) in [5.41, 5.74) is -0.177. The van der Waals surface area contributed by atoms with Crippen LogP contribution in [0.5, 0.6) is 0 Å². The van der Waals surface area contributed by atoms with Crippen LogP contribution in [0.15, 0.2) is 17.2 Å². The third-order valence-corrected chi connectivity index (χ3v) is 4.41. The first-order chi connectivity index (χ1) is 9.97. The van der Waals surface area contributed by atoms with Crippen LogP contribution < -0.4 is 5.56 Å². The Morgan fingerprint density at radius 1 is 1.43 bits per heavy atom. The predicted molar refractivity (Wildman–Crippen MR) is 83.8 cm³/mol. The largest absolute Gasteiger partial charge is 0.461 e. The van der Waals surface area contributed by atoms with Gasteiger partial charge in [-0.25, -0.2) is 9.78 Å².